The van der Waals surface area contributed by atoms with Crippen LogP contribution in [0.25, 0.3) is 10.8 Å². The molecule has 0 radical (unpaired) electrons. The Morgan fingerprint density at radius 3 is 2.69 bits per heavy atom. The monoisotopic (exact) mass is 363 g/mol. The van der Waals surface area contributed by atoms with E-state index in [-0.39, 0.29) is 5.69 Å². The Hall–Kier alpha value is -3.03. The number of alkyl halides is 3. The zero-order chi connectivity index (χ0) is 18.7. The minimum atomic E-state index is -4.38. The molecule has 1 unspecified atom stereocenters. The lowest BCUT2D eigenvalue weighted by Crippen LogP contribution is -2.30. The van der Waals surface area contributed by atoms with Crippen LogP contribution in [-0.4, -0.2) is 28.0 Å². The second kappa shape index (κ2) is 7.07. The molecule has 5 nitrogen and oxygen atoms in total. The average molecular weight is 363 g/mol. The third-order valence-corrected chi connectivity index (χ3v) is 3.65. The van der Waals surface area contributed by atoms with E-state index >= 15 is 0 Å². The maximum Gasteiger partial charge on any atom is 0.408 e. The highest BCUT2D eigenvalue weighted by Crippen LogP contribution is 2.22. The number of amides is 1. The Bertz CT molecular complexity index is 921. The summed E-state index contributed by atoms with van der Waals surface area (Å²) in [6.45, 7) is 0.344. The van der Waals surface area contributed by atoms with Gasteiger partial charge < -0.3 is 10.1 Å². The second-order valence-electron chi connectivity index (χ2n) is 5.80. The topological polar surface area (TPSA) is 56.1 Å². The number of fused-ring (bicyclic) bond motifs is 1. The van der Waals surface area contributed by atoms with Gasteiger partial charge >= 0.3 is 6.18 Å². The van der Waals surface area contributed by atoms with Crippen molar-refractivity contribution in [1.29, 1.82) is 0 Å². The Morgan fingerprint density at radius 1 is 1.23 bits per heavy atom. The normalized spacial score (nSPS) is 12.8. The predicted octanol–water partition coefficient (Wildman–Crippen LogP) is 4.00. The zero-order valence-corrected chi connectivity index (χ0v) is 13.8. The van der Waals surface area contributed by atoms with Gasteiger partial charge in [-0.05, 0) is 29.8 Å². The van der Waals surface area contributed by atoms with Crippen molar-refractivity contribution in [1.82, 2.24) is 9.78 Å². The number of carbonyl (C=O) groups is 1. The molecule has 1 amide bonds. The van der Waals surface area contributed by atoms with Crippen molar-refractivity contribution in [2.75, 3.05) is 5.32 Å². The molecule has 1 heterocycles. The third kappa shape index (κ3) is 4.53. The van der Waals surface area contributed by atoms with Gasteiger partial charge in [0.05, 0.1) is 11.9 Å². The number of nitrogens with one attached hydrogen (secondary N) is 1. The fraction of sp³-hybridized carbons (Fsp3) is 0.222. The Labute approximate surface area is 147 Å². The summed E-state index contributed by atoms with van der Waals surface area (Å²) in [5.41, 5.74) is 0.174. The highest BCUT2D eigenvalue weighted by Gasteiger charge is 2.28. The van der Waals surface area contributed by atoms with E-state index in [0.29, 0.717) is 10.4 Å². The van der Waals surface area contributed by atoms with E-state index in [1.807, 2.05) is 36.4 Å². The van der Waals surface area contributed by atoms with Crippen LogP contribution in [0.2, 0.25) is 0 Å². The molecule has 8 heteroatoms. The molecule has 0 saturated heterocycles. The third-order valence-electron chi connectivity index (χ3n) is 3.65. The van der Waals surface area contributed by atoms with Crippen LogP contribution in [-0.2, 0) is 11.3 Å². The van der Waals surface area contributed by atoms with Crippen LogP contribution in [0.4, 0.5) is 18.9 Å². The van der Waals surface area contributed by atoms with E-state index in [0.717, 1.165) is 23.2 Å². The number of aromatic nitrogens is 2. The summed E-state index contributed by atoms with van der Waals surface area (Å²) in [4.78, 5) is 12.2. The molecule has 1 N–H and O–H groups in total. The van der Waals surface area contributed by atoms with Gasteiger partial charge in [-0.1, -0.05) is 30.3 Å². The largest absolute Gasteiger partial charge is 0.481 e. The lowest BCUT2D eigenvalue weighted by atomic mass is 10.1. The number of ether oxygens (including phenoxy) is 1. The van der Waals surface area contributed by atoms with E-state index in [9.17, 15) is 18.0 Å². The van der Waals surface area contributed by atoms with E-state index < -0.39 is 24.7 Å². The highest BCUT2D eigenvalue weighted by molar-refractivity contribution is 5.94. The first kappa shape index (κ1) is 17.8. The Morgan fingerprint density at radius 2 is 1.96 bits per heavy atom. The number of carbonyl (C=O) groups excluding carboxylic acids is 1. The van der Waals surface area contributed by atoms with Gasteiger partial charge in [0.15, 0.2) is 6.10 Å². The maximum absolute atomic E-state index is 12.3. The highest BCUT2D eigenvalue weighted by atomic mass is 19.4. The maximum atomic E-state index is 12.3. The van der Waals surface area contributed by atoms with E-state index in [1.54, 1.807) is 13.0 Å². The number of benzene rings is 2. The van der Waals surface area contributed by atoms with Gasteiger partial charge in [0.2, 0.25) is 0 Å². The van der Waals surface area contributed by atoms with Crippen LogP contribution >= 0.6 is 0 Å². The molecule has 1 aromatic heterocycles. The Balaban J connectivity index is 1.62. The number of rotatable bonds is 5. The summed E-state index contributed by atoms with van der Waals surface area (Å²) in [5.74, 6) is 0.0452. The van der Waals surface area contributed by atoms with Gasteiger partial charge in [-0.3, -0.25) is 9.48 Å². The molecule has 0 fully saturated rings. The van der Waals surface area contributed by atoms with Gasteiger partial charge in [-0.15, -0.1) is 0 Å². The quantitative estimate of drug-likeness (QED) is 0.745. The van der Waals surface area contributed by atoms with Crippen molar-refractivity contribution in [3.8, 4) is 5.75 Å². The van der Waals surface area contributed by atoms with Crippen LogP contribution in [0.5, 0.6) is 5.75 Å². The SMILES string of the molecule is CC(Oc1ccc2ccccc2c1)C(=O)Nc1cnn(CC(F)(F)F)c1. The smallest absolute Gasteiger partial charge is 0.408 e. The molecule has 0 saturated carbocycles. The summed E-state index contributed by atoms with van der Waals surface area (Å²) in [6, 6.07) is 13.2. The first-order valence-corrected chi connectivity index (χ1v) is 7.86. The molecule has 26 heavy (non-hydrogen) atoms. The van der Waals surface area contributed by atoms with Crippen molar-refractivity contribution in [2.24, 2.45) is 0 Å². The summed E-state index contributed by atoms with van der Waals surface area (Å²) < 4.78 is 43.3. The van der Waals surface area contributed by atoms with Gasteiger partial charge in [0, 0.05) is 6.20 Å². The molecule has 136 valence electrons. The molecule has 0 aliphatic heterocycles. The number of hydrogen-bond donors (Lipinski definition) is 1. The van der Waals surface area contributed by atoms with E-state index in [2.05, 4.69) is 10.4 Å². The summed E-state index contributed by atoms with van der Waals surface area (Å²) in [5, 5.41) is 8.09. The molecule has 0 bridgehead atoms. The Kier molecular flexibility index (Phi) is 4.83. The molecule has 0 aliphatic carbocycles. The van der Waals surface area contributed by atoms with E-state index in [4.69, 9.17) is 4.74 Å². The van der Waals surface area contributed by atoms with Crippen molar-refractivity contribution in [3.05, 3.63) is 54.9 Å². The first-order chi connectivity index (χ1) is 12.3. The second-order valence-corrected chi connectivity index (χ2v) is 5.80. The standard InChI is InChI=1S/C18H16F3N3O2/c1-12(26-16-7-6-13-4-2-3-5-14(13)8-16)17(25)23-15-9-22-24(10-15)11-18(19,20)21/h2-10,12H,11H2,1H3,(H,23,25). The molecule has 2 aromatic carbocycles. The minimum absolute atomic E-state index is 0.174. The number of anilines is 1. The molecule has 1 atom stereocenters. The fourth-order valence-electron chi connectivity index (χ4n) is 2.44. The van der Waals surface area contributed by atoms with Gasteiger partial charge in [-0.25, -0.2) is 0 Å². The van der Waals surface area contributed by atoms with Gasteiger partial charge in [0.25, 0.3) is 5.91 Å². The molecule has 0 aliphatic rings. The summed E-state index contributed by atoms with van der Waals surface area (Å²) >= 11 is 0. The molecule has 3 aromatic rings. The van der Waals surface area contributed by atoms with Crippen LogP contribution < -0.4 is 10.1 Å². The van der Waals surface area contributed by atoms with Crippen LogP contribution in [0.3, 0.4) is 0 Å². The zero-order valence-electron chi connectivity index (χ0n) is 13.8. The molecule has 0 spiro atoms. The predicted molar refractivity (Wildman–Crippen MR) is 90.9 cm³/mol. The molecule has 3 rings (SSSR count). The number of nitrogens with zero attached hydrogens (tertiary/aromatic N) is 2. The van der Waals surface area contributed by atoms with Crippen molar-refractivity contribution in [2.45, 2.75) is 25.7 Å². The lowest BCUT2D eigenvalue weighted by Gasteiger charge is -2.14. The molecular formula is C18H16F3N3O2. The van der Waals surface area contributed by atoms with Gasteiger partial charge in [-0.2, -0.15) is 18.3 Å². The number of halogens is 3. The van der Waals surface area contributed by atoms with Crippen LogP contribution in [0, 0.1) is 0 Å². The van der Waals surface area contributed by atoms with Crippen molar-refractivity contribution >= 4 is 22.4 Å². The fourth-order valence-corrected chi connectivity index (χ4v) is 2.44. The van der Waals surface area contributed by atoms with Crippen molar-refractivity contribution < 1.29 is 22.7 Å². The summed E-state index contributed by atoms with van der Waals surface area (Å²) in [7, 11) is 0. The van der Waals surface area contributed by atoms with Crippen molar-refractivity contribution in [3.63, 3.8) is 0 Å². The minimum Gasteiger partial charge on any atom is -0.481 e. The number of hydrogen-bond acceptors (Lipinski definition) is 3. The molecular weight excluding hydrogens is 347 g/mol. The average Bonchev–Trinajstić information content (AvgIpc) is 2.99. The summed E-state index contributed by atoms with van der Waals surface area (Å²) in [6.07, 6.45) is -2.93. The van der Waals surface area contributed by atoms with E-state index in [1.165, 1.54) is 0 Å². The van der Waals surface area contributed by atoms with Gasteiger partial charge in [0.1, 0.15) is 12.3 Å². The van der Waals surface area contributed by atoms with Crippen LogP contribution in [0.1, 0.15) is 6.92 Å². The van der Waals surface area contributed by atoms with Crippen LogP contribution in [0.15, 0.2) is 54.9 Å². The first-order valence-electron chi connectivity index (χ1n) is 7.86. The lowest BCUT2D eigenvalue weighted by molar-refractivity contribution is -0.142.